The maximum atomic E-state index is 9.16. The van der Waals surface area contributed by atoms with Gasteiger partial charge in [0.05, 0.1) is 13.7 Å². The molecule has 1 atom stereocenters. The first-order chi connectivity index (χ1) is 9.26. The van der Waals surface area contributed by atoms with E-state index in [4.69, 9.17) is 9.84 Å². The number of nitrogens with one attached hydrogen (secondary N) is 1. The van der Waals surface area contributed by atoms with Crippen molar-refractivity contribution >= 4 is 10.8 Å². The molecule has 19 heavy (non-hydrogen) atoms. The Balaban J connectivity index is 2.13. The average molecular weight is 259 g/mol. The summed E-state index contributed by atoms with van der Waals surface area (Å²) < 4.78 is 5.22. The molecule has 0 radical (unpaired) electrons. The molecule has 0 heterocycles. The maximum absolute atomic E-state index is 9.16. The third kappa shape index (κ3) is 3.46. The molecule has 0 aromatic heterocycles. The summed E-state index contributed by atoms with van der Waals surface area (Å²) in [4.78, 5) is 0. The fourth-order valence-corrected chi connectivity index (χ4v) is 2.11. The molecule has 102 valence electrons. The summed E-state index contributed by atoms with van der Waals surface area (Å²) in [6, 6.07) is 12.6. The summed E-state index contributed by atoms with van der Waals surface area (Å²) in [5.74, 6) is 0.879. The number of methoxy groups -OCH3 is 1. The summed E-state index contributed by atoms with van der Waals surface area (Å²) in [5.41, 5.74) is 1.23. The summed E-state index contributed by atoms with van der Waals surface area (Å²) in [6.45, 7) is 3.03. The maximum Gasteiger partial charge on any atom is 0.119 e. The van der Waals surface area contributed by atoms with Gasteiger partial charge in [-0.2, -0.15) is 0 Å². The fraction of sp³-hybridized carbons (Fsp3) is 0.375. The number of hydrogen-bond acceptors (Lipinski definition) is 3. The molecule has 2 aromatic carbocycles. The predicted octanol–water partition coefficient (Wildman–Crippen LogP) is 2.71. The van der Waals surface area contributed by atoms with Gasteiger partial charge in [-0.05, 0) is 41.0 Å². The van der Waals surface area contributed by atoms with E-state index in [-0.39, 0.29) is 12.6 Å². The van der Waals surface area contributed by atoms with Crippen LogP contribution in [0.5, 0.6) is 5.75 Å². The van der Waals surface area contributed by atoms with Crippen molar-refractivity contribution in [2.75, 3.05) is 13.7 Å². The number of aliphatic hydroxyl groups excluding tert-OH is 1. The first-order valence-corrected chi connectivity index (χ1v) is 6.67. The number of aliphatic hydroxyl groups is 1. The van der Waals surface area contributed by atoms with Crippen molar-refractivity contribution in [2.24, 2.45) is 0 Å². The van der Waals surface area contributed by atoms with Crippen LogP contribution in [0.4, 0.5) is 0 Å². The minimum Gasteiger partial charge on any atom is -0.497 e. The minimum absolute atomic E-state index is 0.173. The van der Waals surface area contributed by atoms with E-state index in [0.717, 1.165) is 18.7 Å². The van der Waals surface area contributed by atoms with Gasteiger partial charge in [0.25, 0.3) is 0 Å². The zero-order valence-electron chi connectivity index (χ0n) is 11.5. The van der Waals surface area contributed by atoms with Gasteiger partial charge in [0.2, 0.25) is 0 Å². The van der Waals surface area contributed by atoms with Crippen LogP contribution in [0.15, 0.2) is 36.4 Å². The summed E-state index contributed by atoms with van der Waals surface area (Å²) in [6.07, 6.45) is 0.932. The Kier molecular flexibility index (Phi) is 4.77. The lowest BCUT2D eigenvalue weighted by atomic mass is 10.1. The first-order valence-electron chi connectivity index (χ1n) is 6.67. The molecule has 2 rings (SSSR count). The number of benzene rings is 2. The topological polar surface area (TPSA) is 41.5 Å². The quantitative estimate of drug-likeness (QED) is 0.838. The molecule has 0 aliphatic rings. The molecular formula is C16H21NO2. The van der Waals surface area contributed by atoms with Crippen molar-refractivity contribution in [1.29, 1.82) is 0 Å². The first kappa shape index (κ1) is 13.8. The van der Waals surface area contributed by atoms with Gasteiger partial charge < -0.3 is 15.2 Å². The second-order valence-corrected chi connectivity index (χ2v) is 4.72. The molecule has 1 unspecified atom stereocenters. The summed E-state index contributed by atoms with van der Waals surface area (Å²) >= 11 is 0. The van der Waals surface area contributed by atoms with Gasteiger partial charge in [-0.25, -0.2) is 0 Å². The largest absolute Gasteiger partial charge is 0.497 e. The van der Waals surface area contributed by atoms with Crippen LogP contribution in [0, 0.1) is 0 Å². The van der Waals surface area contributed by atoms with E-state index in [9.17, 15) is 0 Å². The van der Waals surface area contributed by atoms with Crippen LogP contribution in [0.3, 0.4) is 0 Å². The molecule has 0 aliphatic carbocycles. The Morgan fingerprint density at radius 3 is 2.58 bits per heavy atom. The summed E-state index contributed by atoms with van der Waals surface area (Å²) in [7, 11) is 1.68. The highest BCUT2D eigenvalue weighted by Crippen LogP contribution is 2.21. The molecule has 0 saturated carbocycles. The van der Waals surface area contributed by atoms with Gasteiger partial charge >= 0.3 is 0 Å². The molecule has 0 amide bonds. The minimum atomic E-state index is 0.173. The molecule has 0 spiro atoms. The second kappa shape index (κ2) is 6.55. The monoisotopic (exact) mass is 259 g/mol. The molecule has 0 saturated heterocycles. The third-order valence-electron chi connectivity index (χ3n) is 3.42. The Morgan fingerprint density at radius 1 is 1.16 bits per heavy atom. The van der Waals surface area contributed by atoms with E-state index in [0.29, 0.717) is 0 Å². The zero-order valence-corrected chi connectivity index (χ0v) is 11.5. The zero-order chi connectivity index (χ0) is 13.7. The standard InChI is InChI=1S/C16H21NO2/c1-3-15(11-18)17-10-12-4-5-14-9-16(19-2)7-6-13(14)8-12/h4-9,15,17-18H,3,10-11H2,1-2H3. The second-order valence-electron chi connectivity index (χ2n) is 4.72. The average Bonchev–Trinajstić information content (AvgIpc) is 2.47. The van der Waals surface area contributed by atoms with Crippen LogP contribution < -0.4 is 10.1 Å². The predicted molar refractivity (Wildman–Crippen MR) is 78.5 cm³/mol. The van der Waals surface area contributed by atoms with Crippen molar-refractivity contribution in [2.45, 2.75) is 25.9 Å². The molecular weight excluding hydrogens is 238 g/mol. The third-order valence-corrected chi connectivity index (χ3v) is 3.42. The smallest absolute Gasteiger partial charge is 0.119 e. The van der Waals surface area contributed by atoms with Crippen LogP contribution in [0.1, 0.15) is 18.9 Å². The highest BCUT2D eigenvalue weighted by molar-refractivity contribution is 5.84. The van der Waals surface area contributed by atoms with E-state index in [1.807, 2.05) is 12.1 Å². The lowest BCUT2D eigenvalue weighted by Crippen LogP contribution is -2.31. The van der Waals surface area contributed by atoms with Gasteiger partial charge in [0, 0.05) is 12.6 Å². The normalized spacial score (nSPS) is 12.6. The Hall–Kier alpha value is -1.58. The van der Waals surface area contributed by atoms with Crippen molar-refractivity contribution in [3.05, 3.63) is 42.0 Å². The van der Waals surface area contributed by atoms with Gasteiger partial charge in [0.15, 0.2) is 0 Å². The summed E-state index contributed by atoms with van der Waals surface area (Å²) in [5, 5.41) is 14.9. The van der Waals surface area contributed by atoms with E-state index in [1.165, 1.54) is 16.3 Å². The van der Waals surface area contributed by atoms with Crippen molar-refractivity contribution < 1.29 is 9.84 Å². The van der Waals surface area contributed by atoms with Gasteiger partial charge in [-0.1, -0.05) is 25.1 Å². The lowest BCUT2D eigenvalue weighted by Gasteiger charge is -2.14. The number of ether oxygens (including phenoxy) is 1. The van der Waals surface area contributed by atoms with Crippen LogP contribution in [0.25, 0.3) is 10.8 Å². The van der Waals surface area contributed by atoms with Gasteiger partial charge in [-0.15, -0.1) is 0 Å². The van der Waals surface area contributed by atoms with Crippen LogP contribution in [0.2, 0.25) is 0 Å². The van der Waals surface area contributed by atoms with E-state index >= 15 is 0 Å². The van der Waals surface area contributed by atoms with E-state index in [1.54, 1.807) is 7.11 Å². The van der Waals surface area contributed by atoms with Gasteiger partial charge in [0.1, 0.15) is 5.75 Å². The van der Waals surface area contributed by atoms with E-state index in [2.05, 4.69) is 36.5 Å². The van der Waals surface area contributed by atoms with Gasteiger partial charge in [-0.3, -0.25) is 0 Å². The molecule has 0 bridgehead atoms. The van der Waals surface area contributed by atoms with Crippen LogP contribution in [-0.4, -0.2) is 24.9 Å². The Labute approximate surface area is 114 Å². The fourth-order valence-electron chi connectivity index (χ4n) is 2.11. The SMILES string of the molecule is CCC(CO)NCc1ccc2cc(OC)ccc2c1. The number of fused-ring (bicyclic) bond motifs is 1. The van der Waals surface area contributed by atoms with E-state index < -0.39 is 0 Å². The Morgan fingerprint density at radius 2 is 1.89 bits per heavy atom. The molecule has 0 fully saturated rings. The molecule has 2 N–H and O–H groups in total. The lowest BCUT2D eigenvalue weighted by molar-refractivity contribution is 0.238. The highest BCUT2D eigenvalue weighted by Gasteiger charge is 2.04. The van der Waals surface area contributed by atoms with Crippen molar-refractivity contribution in [1.82, 2.24) is 5.32 Å². The molecule has 2 aromatic rings. The molecule has 0 aliphatic heterocycles. The van der Waals surface area contributed by atoms with Crippen LogP contribution in [-0.2, 0) is 6.54 Å². The van der Waals surface area contributed by atoms with Crippen molar-refractivity contribution in [3.8, 4) is 5.75 Å². The van der Waals surface area contributed by atoms with Crippen molar-refractivity contribution in [3.63, 3.8) is 0 Å². The molecule has 3 heteroatoms. The number of hydrogen-bond donors (Lipinski definition) is 2. The highest BCUT2D eigenvalue weighted by atomic mass is 16.5. The molecule has 3 nitrogen and oxygen atoms in total. The number of rotatable bonds is 6. The van der Waals surface area contributed by atoms with Crippen LogP contribution >= 0.6 is 0 Å². The Bertz CT molecular complexity index is 535.